The molecule has 120 valence electrons. The van der Waals surface area contributed by atoms with E-state index in [2.05, 4.69) is 30.7 Å². The zero-order valence-corrected chi connectivity index (χ0v) is 14.1. The highest BCUT2D eigenvalue weighted by Crippen LogP contribution is 2.29. The number of esters is 1. The molecule has 2 aromatic rings. The van der Waals surface area contributed by atoms with Gasteiger partial charge in [-0.2, -0.15) is 0 Å². The van der Waals surface area contributed by atoms with Crippen LogP contribution in [0.15, 0.2) is 48.5 Å². The molecule has 23 heavy (non-hydrogen) atoms. The highest BCUT2D eigenvalue weighted by atomic mass is 16.5. The monoisotopic (exact) mass is 310 g/mol. The predicted molar refractivity (Wildman–Crippen MR) is 90.9 cm³/mol. The molecule has 0 fully saturated rings. The second-order valence-electron chi connectivity index (χ2n) is 6.42. The first-order valence-electron chi connectivity index (χ1n) is 7.62. The molecule has 0 aliphatic carbocycles. The molecule has 3 heteroatoms. The minimum Gasteiger partial charge on any atom is -0.465 e. The number of carbonyl (C=O) groups excluding carboxylic acids is 2. The SMILES string of the molecule is COC(=O)c1ccc(C(=O)CC(C)(C)c2cccc(C)c2)cc1. The Balaban J connectivity index is 2.16. The highest BCUT2D eigenvalue weighted by Gasteiger charge is 2.25. The molecular weight excluding hydrogens is 288 g/mol. The fourth-order valence-corrected chi connectivity index (χ4v) is 2.58. The van der Waals surface area contributed by atoms with Crippen LogP contribution in [-0.2, 0) is 10.2 Å². The quantitative estimate of drug-likeness (QED) is 0.610. The number of methoxy groups -OCH3 is 1. The maximum absolute atomic E-state index is 12.6. The van der Waals surface area contributed by atoms with E-state index in [0.29, 0.717) is 17.5 Å². The van der Waals surface area contributed by atoms with Gasteiger partial charge < -0.3 is 4.74 Å². The summed E-state index contributed by atoms with van der Waals surface area (Å²) in [5, 5.41) is 0. The van der Waals surface area contributed by atoms with Crippen LogP contribution in [0.3, 0.4) is 0 Å². The van der Waals surface area contributed by atoms with E-state index >= 15 is 0 Å². The van der Waals surface area contributed by atoms with Gasteiger partial charge in [0.2, 0.25) is 0 Å². The normalized spacial score (nSPS) is 11.1. The Morgan fingerprint density at radius 1 is 1.00 bits per heavy atom. The van der Waals surface area contributed by atoms with Crippen LogP contribution in [0.1, 0.15) is 52.1 Å². The first kappa shape index (κ1) is 16.9. The first-order chi connectivity index (χ1) is 10.8. The maximum Gasteiger partial charge on any atom is 0.337 e. The molecule has 0 aliphatic rings. The number of aryl methyl sites for hydroxylation is 1. The van der Waals surface area contributed by atoms with Crippen molar-refractivity contribution < 1.29 is 14.3 Å². The van der Waals surface area contributed by atoms with Gasteiger partial charge in [-0.15, -0.1) is 0 Å². The zero-order valence-electron chi connectivity index (χ0n) is 14.1. The van der Waals surface area contributed by atoms with Crippen molar-refractivity contribution in [3.05, 3.63) is 70.8 Å². The molecule has 0 heterocycles. The van der Waals surface area contributed by atoms with Crippen LogP contribution in [0, 0.1) is 6.92 Å². The number of benzene rings is 2. The zero-order chi connectivity index (χ0) is 17.0. The van der Waals surface area contributed by atoms with Gasteiger partial charge in [-0.05, 0) is 30.0 Å². The lowest BCUT2D eigenvalue weighted by molar-refractivity contribution is 0.0600. The summed E-state index contributed by atoms with van der Waals surface area (Å²) in [5.41, 5.74) is 3.15. The number of rotatable bonds is 5. The first-order valence-corrected chi connectivity index (χ1v) is 7.62. The number of ether oxygens (including phenoxy) is 1. The molecule has 3 nitrogen and oxygen atoms in total. The largest absolute Gasteiger partial charge is 0.465 e. The van der Waals surface area contributed by atoms with Gasteiger partial charge >= 0.3 is 5.97 Å². The fourth-order valence-electron chi connectivity index (χ4n) is 2.58. The summed E-state index contributed by atoms with van der Waals surface area (Å²) in [4.78, 5) is 24.0. The highest BCUT2D eigenvalue weighted by molar-refractivity contribution is 5.98. The van der Waals surface area contributed by atoms with Crippen LogP contribution in [0.25, 0.3) is 0 Å². The van der Waals surface area contributed by atoms with E-state index in [-0.39, 0.29) is 11.2 Å². The molecule has 0 atom stereocenters. The summed E-state index contributed by atoms with van der Waals surface area (Å²) in [7, 11) is 1.34. The van der Waals surface area contributed by atoms with E-state index in [1.54, 1.807) is 24.3 Å². The standard InChI is InChI=1S/C20H22O3/c1-14-6-5-7-17(12-14)20(2,3)13-18(21)15-8-10-16(11-9-15)19(22)23-4/h5-12H,13H2,1-4H3. The molecule has 0 unspecified atom stereocenters. The van der Waals surface area contributed by atoms with Crippen LogP contribution in [0.5, 0.6) is 0 Å². The summed E-state index contributed by atoms with van der Waals surface area (Å²) in [6.45, 7) is 6.19. The summed E-state index contributed by atoms with van der Waals surface area (Å²) in [5.74, 6) is -0.336. The third-order valence-corrected chi connectivity index (χ3v) is 4.03. The van der Waals surface area contributed by atoms with Crippen molar-refractivity contribution >= 4 is 11.8 Å². The molecule has 0 bridgehead atoms. The molecule has 0 spiro atoms. The van der Waals surface area contributed by atoms with Gasteiger partial charge in [-0.3, -0.25) is 4.79 Å². The van der Waals surface area contributed by atoms with E-state index in [9.17, 15) is 9.59 Å². The Labute approximate surface area is 137 Å². The average molecular weight is 310 g/mol. The lowest BCUT2D eigenvalue weighted by atomic mass is 9.78. The summed E-state index contributed by atoms with van der Waals surface area (Å²) in [6, 6.07) is 14.8. The minimum atomic E-state index is -0.399. The minimum absolute atomic E-state index is 0.0629. The van der Waals surface area contributed by atoms with Gasteiger partial charge in [0.15, 0.2) is 5.78 Å². The molecular formula is C20H22O3. The van der Waals surface area contributed by atoms with Gasteiger partial charge in [0.05, 0.1) is 12.7 Å². The molecule has 2 rings (SSSR count). The van der Waals surface area contributed by atoms with Crippen LogP contribution in [-0.4, -0.2) is 18.9 Å². The van der Waals surface area contributed by atoms with Crippen molar-refractivity contribution in [2.75, 3.05) is 7.11 Å². The number of Topliss-reactive ketones (excluding diaryl/α,β-unsaturated/α-hetero) is 1. The molecule has 0 saturated heterocycles. The van der Waals surface area contributed by atoms with Gasteiger partial charge in [0.1, 0.15) is 0 Å². The molecule has 2 aromatic carbocycles. The topological polar surface area (TPSA) is 43.4 Å². The predicted octanol–water partition coefficient (Wildman–Crippen LogP) is 4.33. The second-order valence-corrected chi connectivity index (χ2v) is 6.42. The van der Waals surface area contributed by atoms with Crippen molar-refractivity contribution in [3.63, 3.8) is 0 Å². The Morgan fingerprint density at radius 3 is 2.17 bits per heavy atom. The van der Waals surface area contributed by atoms with Gasteiger partial charge in [-0.25, -0.2) is 4.79 Å². The van der Waals surface area contributed by atoms with Crippen molar-refractivity contribution in [2.45, 2.75) is 32.6 Å². The van der Waals surface area contributed by atoms with Crippen LogP contribution in [0.2, 0.25) is 0 Å². The van der Waals surface area contributed by atoms with Gasteiger partial charge in [-0.1, -0.05) is 55.8 Å². The summed E-state index contributed by atoms with van der Waals surface area (Å²) in [6.07, 6.45) is 0.411. The van der Waals surface area contributed by atoms with Crippen LogP contribution >= 0.6 is 0 Å². The number of ketones is 1. The van der Waals surface area contributed by atoms with E-state index in [1.165, 1.54) is 12.7 Å². The lowest BCUT2D eigenvalue weighted by Crippen LogP contribution is -2.22. The molecule has 0 radical (unpaired) electrons. The third kappa shape index (κ3) is 4.07. The number of carbonyl (C=O) groups is 2. The molecule has 0 aromatic heterocycles. The van der Waals surface area contributed by atoms with Gasteiger partial charge in [0.25, 0.3) is 0 Å². The third-order valence-electron chi connectivity index (χ3n) is 4.03. The van der Waals surface area contributed by atoms with Crippen LogP contribution in [0.4, 0.5) is 0 Å². The van der Waals surface area contributed by atoms with Crippen molar-refractivity contribution in [1.29, 1.82) is 0 Å². The Kier molecular flexibility index (Phi) is 4.99. The van der Waals surface area contributed by atoms with E-state index in [0.717, 1.165) is 5.56 Å². The van der Waals surface area contributed by atoms with E-state index in [1.807, 2.05) is 19.1 Å². The Morgan fingerprint density at radius 2 is 1.61 bits per heavy atom. The van der Waals surface area contributed by atoms with Gasteiger partial charge in [0, 0.05) is 12.0 Å². The molecule has 0 amide bonds. The molecule has 0 saturated carbocycles. The summed E-state index contributed by atoms with van der Waals surface area (Å²) < 4.78 is 4.66. The van der Waals surface area contributed by atoms with Crippen molar-refractivity contribution in [1.82, 2.24) is 0 Å². The fraction of sp³-hybridized carbons (Fsp3) is 0.300. The number of hydrogen-bond donors (Lipinski definition) is 0. The Hall–Kier alpha value is -2.42. The lowest BCUT2D eigenvalue weighted by Gasteiger charge is -2.25. The smallest absolute Gasteiger partial charge is 0.337 e. The second kappa shape index (κ2) is 6.78. The molecule has 0 aliphatic heterocycles. The van der Waals surface area contributed by atoms with Crippen molar-refractivity contribution in [3.8, 4) is 0 Å². The average Bonchev–Trinajstić information content (AvgIpc) is 2.54. The molecule has 0 N–H and O–H groups in total. The van der Waals surface area contributed by atoms with E-state index in [4.69, 9.17) is 0 Å². The van der Waals surface area contributed by atoms with Crippen molar-refractivity contribution in [2.24, 2.45) is 0 Å². The number of hydrogen-bond acceptors (Lipinski definition) is 3. The van der Waals surface area contributed by atoms with Crippen LogP contribution < -0.4 is 0 Å². The summed E-state index contributed by atoms with van der Waals surface area (Å²) >= 11 is 0. The van der Waals surface area contributed by atoms with E-state index < -0.39 is 5.97 Å². The Bertz CT molecular complexity index is 712. The maximum atomic E-state index is 12.6.